The van der Waals surface area contributed by atoms with E-state index in [1.54, 1.807) is 0 Å². The van der Waals surface area contributed by atoms with Gasteiger partial charge in [0, 0.05) is 0 Å². The molecule has 0 aromatic carbocycles. The second-order valence-corrected chi connectivity index (χ2v) is 5.72. The first-order valence-electron chi connectivity index (χ1n) is 5.93. The van der Waals surface area contributed by atoms with Crippen molar-refractivity contribution in [2.24, 2.45) is 17.3 Å². The van der Waals surface area contributed by atoms with Crippen LogP contribution < -0.4 is 0 Å². The summed E-state index contributed by atoms with van der Waals surface area (Å²) in [7, 11) is 0. The second kappa shape index (κ2) is 2.40. The molecule has 0 N–H and O–H groups in total. The molecule has 0 spiro atoms. The van der Waals surface area contributed by atoms with Crippen LogP contribution in [0.2, 0.25) is 0 Å². The molecule has 3 aliphatic carbocycles. The van der Waals surface area contributed by atoms with Crippen molar-refractivity contribution in [1.82, 2.24) is 0 Å². The molecule has 0 heteroatoms. The Morgan fingerprint density at radius 2 is 1.92 bits per heavy atom. The largest absolute Gasteiger partial charge is 0.0670 e. The van der Waals surface area contributed by atoms with Crippen molar-refractivity contribution in [3.8, 4) is 0 Å². The average Bonchev–Trinajstić information content (AvgIpc) is 2.74. The Balaban J connectivity index is 2.06. The Labute approximate surface area is 81.4 Å². The van der Waals surface area contributed by atoms with Crippen LogP contribution in [-0.4, -0.2) is 0 Å². The van der Waals surface area contributed by atoms with Gasteiger partial charge >= 0.3 is 0 Å². The molecular formula is C13H20. The molecule has 0 radical (unpaired) electrons. The normalized spacial score (nSPS) is 41.1. The van der Waals surface area contributed by atoms with Gasteiger partial charge in [-0.25, -0.2) is 0 Å². The Morgan fingerprint density at radius 1 is 1.08 bits per heavy atom. The van der Waals surface area contributed by atoms with Crippen LogP contribution in [0.5, 0.6) is 0 Å². The van der Waals surface area contributed by atoms with E-state index in [9.17, 15) is 0 Å². The van der Waals surface area contributed by atoms with Crippen LogP contribution >= 0.6 is 0 Å². The van der Waals surface area contributed by atoms with E-state index in [4.69, 9.17) is 0 Å². The lowest BCUT2D eigenvalue weighted by atomic mass is 9.74. The monoisotopic (exact) mass is 176 g/mol. The van der Waals surface area contributed by atoms with Gasteiger partial charge in [-0.3, -0.25) is 0 Å². The maximum atomic E-state index is 2.50. The number of fused-ring (bicyclic) bond motifs is 2. The molecule has 0 aromatic rings. The van der Waals surface area contributed by atoms with Crippen molar-refractivity contribution in [2.75, 3.05) is 0 Å². The Morgan fingerprint density at radius 3 is 2.77 bits per heavy atom. The van der Waals surface area contributed by atoms with Crippen molar-refractivity contribution in [1.29, 1.82) is 0 Å². The summed E-state index contributed by atoms with van der Waals surface area (Å²) in [4.78, 5) is 0. The summed E-state index contributed by atoms with van der Waals surface area (Å²) in [5.74, 6) is 2.05. The zero-order valence-electron chi connectivity index (χ0n) is 8.90. The molecule has 2 atom stereocenters. The number of rotatable bonds is 0. The van der Waals surface area contributed by atoms with Gasteiger partial charge in [0.25, 0.3) is 0 Å². The van der Waals surface area contributed by atoms with Gasteiger partial charge in [0.1, 0.15) is 0 Å². The summed E-state index contributed by atoms with van der Waals surface area (Å²) < 4.78 is 0. The minimum atomic E-state index is 0.576. The van der Waals surface area contributed by atoms with Gasteiger partial charge in [-0.1, -0.05) is 31.4 Å². The topological polar surface area (TPSA) is 0 Å². The van der Waals surface area contributed by atoms with Gasteiger partial charge in [0.2, 0.25) is 0 Å². The highest BCUT2D eigenvalue weighted by molar-refractivity contribution is 5.36. The minimum Gasteiger partial charge on any atom is -0.0670 e. The zero-order chi connectivity index (χ0) is 9.05. The van der Waals surface area contributed by atoms with Crippen LogP contribution in [0.15, 0.2) is 11.1 Å². The molecule has 3 aliphatic rings. The highest BCUT2D eigenvalue weighted by Crippen LogP contribution is 2.61. The molecule has 1 saturated carbocycles. The summed E-state index contributed by atoms with van der Waals surface area (Å²) >= 11 is 0. The summed E-state index contributed by atoms with van der Waals surface area (Å²) in [5, 5.41) is 0. The van der Waals surface area contributed by atoms with Crippen LogP contribution in [0, 0.1) is 17.3 Å². The maximum absolute atomic E-state index is 2.50. The lowest BCUT2D eigenvalue weighted by Gasteiger charge is -2.30. The molecule has 0 aromatic heterocycles. The van der Waals surface area contributed by atoms with Crippen molar-refractivity contribution in [3.63, 3.8) is 0 Å². The molecule has 0 saturated heterocycles. The average molecular weight is 176 g/mol. The standard InChI is InChI=1S/C13H20/c1-13(2)11-7-3-5-9(11)10-6-4-8-12(10)13/h9,11H,3-8H2,1-2H3/t9-,11-/m1/s1. The predicted molar refractivity (Wildman–Crippen MR) is 55.5 cm³/mol. The molecule has 72 valence electrons. The Hall–Kier alpha value is -0.260. The van der Waals surface area contributed by atoms with Gasteiger partial charge < -0.3 is 0 Å². The molecular weight excluding hydrogens is 156 g/mol. The van der Waals surface area contributed by atoms with E-state index in [0.717, 1.165) is 11.8 Å². The molecule has 1 fully saturated rings. The molecule has 0 aliphatic heterocycles. The van der Waals surface area contributed by atoms with Crippen LogP contribution in [-0.2, 0) is 0 Å². The number of hydrogen-bond acceptors (Lipinski definition) is 0. The molecule has 13 heavy (non-hydrogen) atoms. The predicted octanol–water partition coefficient (Wildman–Crippen LogP) is 3.92. The molecule has 3 rings (SSSR count). The molecule has 0 amide bonds. The van der Waals surface area contributed by atoms with E-state index in [-0.39, 0.29) is 0 Å². The highest BCUT2D eigenvalue weighted by atomic mass is 14.5. The first-order valence-corrected chi connectivity index (χ1v) is 5.93. The van der Waals surface area contributed by atoms with Crippen molar-refractivity contribution >= 4 is 0 Å². The molecule has 0 nitrogen and oxygen atoms in total. The molecule has 0 unspecified atom stereocenters. The number of hydrogen-bond donors (Lipinski definition) is 0. The minimum absolute atomic E-state index is 0.576. The first-order chi connectivity index (χ1) is 6.21. The Kier molecular flexibility index (Phi) is 1.49. The fraction of sp³-hybridized carbons (Fsp3) is 0.846. The van der Waals surface area contributed by atoms with Crippen LogP contribution in [0.4, 0.5) is 0 Å². The molecule has 0 bridgehead atoms. The highest BCUT2D eigenvalue weighted by Gasteiger charge is 2.50. The van der Waals surface area contributed by atoms with E-state index in [0.29, 0.717) is 5.41 Å². The van der Waals surface area contributed by atoms with Crippen LogP contribution in [0.1, 0.15) is 52.4 Å². The first kappa shape index (κ1) is 8.08. The van der Waals surface area contributed by atoms with Gasteiger partial charge in [-0.2, -0.15) is 0 Å². The van der Waals surface area contributed by atoms with E-state index >= 15 is 0 Å². The lowest BCUT2D eigenvalue weighted by Crippen LogP contribution is -2.22. The van der Waals surface area contributed by atoms with E-state index in [1.807, 2.05) is 11.1 Å². The molecule has 0 heterocycles. The third-order valence-electron chi connectivity index (χ3n) is 4.93. The van der Waals surface area contributed by atoms with Crippen molar-refractivity contribution in [2.45, 2.75) is 52.4 Å². The quantitative estimate of drug-likeness (QED) is 0.491. The number of allylic oxidation sites excluding steroid dienone is 2. The maximum Gasteiger partial charge on any atom is -0.0108 e. The third-order valence-corrected chi connectivity index (χ3v) is 4.93. The van der Waals surface area contributed by atoms with Crippen molar-refractivity contribution < 1.29 is 0 Å². The summed E-state index contributed by atoms with van der Waals surface area (Å²) in [6, 6.07) is 0. The van der Waals surface area contributed by atoms with Gasteiger partial charge in [-0.15, -0.1) is 0 Å². The van der Waals surface area contributed by atoms with Gasteiger partial charge in [-0.05, 0) is 49.4 Å². The van der Waals surface area contributed by atoms with Gasteiger partial charge in [0.05, 0.1) is 0 Å². The second-order valence-electron chi connectivity index (χ2n) is 5.72. The van der Waals surface area contributed by atoms with Crippen molar-refractivity contribution in [3.05, 3.63) is 11.1 Å². The van der Waals surface area contributed by atoms with E-state index in [2.05, 4.69) is 13.8 Å². The van der Waals surface area contributed by atoms with Crippen LogP contribution in [0.25, 0.3) is 0 Å². The summed E-state index contributed by atoms with van der Waals surface area (Å²) in [6.07, 6.45) is 8.83. The van der Waals surface area contributed by atoms with Crippen LogP contribution in [0.3, 0.4) is 0 Å². The Bertz CT molecular complexity index is 270. The van der Waals surface area contributed by atoms with E-state index < -0.39 is 0 Å². The fourth-order valence-corrected chi connectivity index (χ4v) is 4.38. The summed E-state index contributed by atoms with van der Waals surface area (Å²) in [5.41, 5.74) is 4.36. The lowest BCUT2D eigenvalue weighted by molar-refractivity contribution is 0.251. The smallest absolute Gasteiger partial charge is 0.0108 e. The third kappa shape index (κ3) is 0.872. The summed E-state index contributed by atoms with van der Waals surface area (Å²) in [6.45, 7) is 5.01. The van der Waals surface area contributed by atoms with Gasteiger partial charge in [0.15, 0.2) is 0 Å². The zero-order valence-corrected chi connectivity index (χ0v) is 8.90. The fourth-order valence-electron chi connectivity index (χ4n) is 4.38. The SMILES string of the molecule is CC1(C)C2=C(CCC2)[C@H]2CCC[C@H]21. The van der Waals surface area contributed by atoms with E-state index in [1.165, 1.54) is 38.5 Å².